The van der Waals surface area contributed by atoms with Crippen LogP contribution in [-0.4, -0.2) is 30.1 Å². The van der Waals surface area contributed by atoms with Gasteiger partial charge in [0.15, 0.2) is 0 Å². The first-order valence-electron chi connectivity index (χ1n) is 8.57. The summed E-state index contributed by atoms with van der Waals surface area (Å²) < 4.78 is 10.4. The summed E-state index contributed by atoms with van der Waals surface area (Å²) in [5, 5.41) is 0. The van der Waals surface area contributed by atoms with Crippen molar-refractivity contribution in [1.29, 1.82) is 0 Å². The molecular formula is C21H23NO4. The quantitative estimate of drug-likeness (QED) is 0.411. The molecule has 1 aromatic heterocycles. The van der Waals surface area contributed by atoms with Crippen LogP contribution in [0.2, 0.25) is 0 Å². The Hall–Kier alpha value is -2.95. The van der Waals surface area contributed by atoms with Crippen molar-refractivity contribution in [2.45, 2.75) is 25.7 Å². The second kappa shape index (κ2) is 8.94. The highest BCUT2D eigenvalue weighted by Gasteiger charge is 2.51. The average Bonchev–Trinajstić information content (AvgIpc) is 2.67. The smallest absolute Gasteiger partial charge is 0.330 e. The molecule has 0 aliphatic heterocycles. The minimum Gasteiger partial charge on any atom is -0.465 e. The molecule has 0 fully saturated rings. The summed E-state index contributed by atoms with van der Waals surface area (Å²) in [4.78, 5) is 29.9. The summed E-state index contributed by atoms with van der Waals surface area (Å²) in [6.45, 7) is 7.37. The fraction of sp³-hybridized carbons (Fsp3) is 0.286. The molecule has 0 aliphatic carbocycles. The van der Waals surface area contributed by atoms with Gasteiger partial charge in [-0.1, -0.05) is 36.4 Å². The van der Waals surface area contributed by atoms with Crippen LogP contribution in [0.15, 0.2) is 61.3 Å². The maximum absolute atomic E-state index is 12.8. The fourth-order valence-electron chi connectivity index (χ4n) is 2.76. The van der Waals surface area contributed by atoms with E-state index in [1.807, 2.05) is 36.4 Å². The molecule has 0 spiro atoms. The number of esters is 2. The van der Waals surface area contributed by atoms with Gasteiger partial charge in [0.1, 0.15) is 0 Å². The molecule has 0 saturated heterocycles. The van der Waals surface area contributed by atoms with Gasteiger partial charge in [-0.05, 0) is 43.5 Å². The summed E-state index contributed by atoms with van der Waals surface area (Å²) in [7, 11) is 0. The van der Waals surface area contributed by atoms with Crippen LogP contribution in [0.5, 0.6) is 0 Å². The molecule has 2 aromatic rings. The third-order valence-electron chi connectivity index (χ3n) is 4.00. The number of allylic oxidation sites excluding steroid dienone is 1. The molecule has 26 heavy (non-hydrogen) atoms. The lowest BCUT2D eigenvalue weighted by Gasteiger charge is -2.28. The van der Waals surface area contributed by atoms with Crippen molar-refractivity contribution in [3.8, 4) is 11.1 Å². The van der Waals surface area contributed by atoms with Gasteiger partial charge in [0.05, 0.1) is 18.9 Å². The molecule has 0 N–H and O–H groups in total. The van der Waals surface area contributed by atoms with Crippen molar-refractivity contribution in [1.82, 2.24) is 4.98 Å². The second-order valence-corrected chi connectivity index (χ2v) is 5.63. The summed E-state index contributed by atoms with van der Waals surface area (Å²) in [5.74, 6) is -1.37. The fourth-order valence-corrected chi connectivity index (χ4v) is 2.76. The van der Waals surface area contributed by atoms with Gasteiger partial charge in [0.25, 0.3) is 0 Å². The lowest BCUT2D eigenvalue weighted by atomic mass is 9.79. The molecule has 0 atom stereocenters. The van der Waals surface area contributed by atoms with Crippen LogP contribution in [0.3, 0.4) is 0 Å². The normalized spacial score (nSPS) is 10.8. The Balaban J connectivity index is 2.62. The molecule has 2 rings (SSSR count). The molecule has 5 heteroatoms. The van der Waals surface area contributed by atoms with E-state index in [0.29, 0.717) is 0 Å². The summed E-state index contributed by atoms with van der Waals surface area (Å²) in [6, 6.07) is 13.2. The summed E-state index contributed by atoms with van der Waals surface area (Å²) in [5.41, 5.74) is 0.420. The number of rotatable bonds is 8. The van der Waals surface area contributed by atoms with Gasteiger partial charge < -0.3 is 9.47 Å². The lowest BCUT2D eigenvalue weighted by Crippen LogP contribution is -2.46. The van der Waals surface area contributed by atoms with E-state index in [0.717, 1.165) is 11.1 Å². The maximum atomic E-state index is 12.8. The average molecular weight is 353 g/mol. The van der Waals surface area contributed by atoms with E-state index in [1.54, 1.807) is 26.1 Å². The van der Waals surface area contributed by atoms with Crippen molar-refractivity contribution in [2.24, 2.45) is 0 Å². The molecule has 0 aliphatic rings. The van der Waals surface area contributed by atoms with E-state index in [9.17, 15) is 9.59 Å². The van der Waals surface area contributed by atoms with Crippen molar-refractivity contribution in [3.63, 3.8) is 0 Å². The Kier molecular flexibility index (Phi) is 6.67. The van der Waals surface area contributed by atoms with E-state index in [-0.39, 0.29) is 25.3 Å². The molecule has 5 nitrogen and oxygen atoms in total. The van der Waals surface area contributed by atoms with Crippen LogP contribution >= 0.6 is 0 Å². The molecule has 0 unspecified atom stereocenters. The van der Waals surface area contributed by atoms with E-state index >= 15 is 0 Å². The van der Waals surface area contributed by atoms with E-state index in [2.05, 4.69) is 11.6 Å². The Labute approximate surface area is 153 Å². The van der Waals surface area contributed by atoms with Crippen LogP contribution in [-0.2, 0) is 24.5 Å². The monoisotopic (exact) mass is 353 g/mol. The molecule has 1 aromatic carbocycles. The molecule has 0 bridgehead atoms. The van der Waals surface area contributed by atoms with Crippen LogP contribution in [0.25, 0.3) is 11.1 Å². The third kappa shape index (κ3) is 3.82. The first-order chi connectivity index (χ1) is 12.6. The number of hydrogen-bond donors (Lipinski definition) is 0. The zero-order chi connectivity index (χ0) is 19.0. The van der Waals surface area contributed by atoms with Crippen molar-refractivity contribution in [2.75, 3.05) is 13.2 Å². The standard InChI is InChI=1S/C21H23NO4/c1-4-13-21(19(23)25-5-2,20(24)26-6-3)18-15-17(12-14-22-18)16-10-8-7-9-11-16/h4,7-12,14-15H,1,5-6,13H2,2-3H3. The van der Waals surface area contributed by atoms with Crippen LogP contribution in [0.4, 0.5) is 0 Å². The number of hydrogen-bond acceptors (Lipinski definition) is 5. The van der Waals surface area contributed by atoms with E-state index in [1.165, 1.54) is 6.08 Å². The van der Waals surface area contributed by atoms with Crippen molar-refractivity contribution < 1.29 is 19.1 Å². The molecule has 0 amide bonds. The molecular weight excluding hydrogens is 330 g/mol. The Morgan fingerprint density at radius 1 is 1.04 bits per heavy atom. The number of carbonyl (C=O) groups excluding carboxylic acids is 2. The molecule has 0 saturated carbocycles. The Morgan fingerprint density at radius 3 is 2.19 bits per heavy atom. The number of nitrogens with zero attached hydrogens (tertiary/aromatic N) is 1. The molecule has 136 valence electrons. The topological polar surface area (TPSA) is 65.5 Å². The van der Waals surface area contributed by atoms with Gasteiger partial charge in [-0.25, -0.2) is 0 Å². The second-order valence-electron chi connectivity index (χ2n) is 5.63. The molecule has 0 radical (unpaired) electrons. The molecule has 1 heterocycles. The lowest BCUT2D eigenvalue weighted by molar-refractivity contribution is -0.165. The summed E-state index contributed by atoms with van der Waals surface area (Å²) >= 11 is 0. The predicted molar refractivity (Wildman–Crippen MR) is 99.4 cm³/mol. The number of benzene rings is 1. The zero-order valence-electron chi connectivity index (χ0n) is 15.1. The minimum absolute atomic E-state index is 0.0376. The predicted octanol–water partition coefficient (Wildman–Crippen LogP) is 3.69. The number of pyridine rings is 1. The van der Waals surface area contributed by atoms with Gasteiger partial charge in [-0.15, -0.1) is 6.58 Å². The first kappa shape index (κ1) is 19.4. The van der Waals surface area contributed by atoms with E-state index < -0.39 is 17.4 Å². The number of aromatic nitrogens is 1. The third-order valence-corrected chi connectivity index (χ3v) is 4.00. The number of carbonyl (C=O) groups is 2. The first-order valence-corrected chi connectivity index (χ1v) is 8.57. The Bertz CT molecular complexity index is 753. The minimum atomic E-state index is -1.67. The van der Waals surface area contributed by atoms with Gasteiger partial charge >= 0.3 is 11.9 Å². The SMILES string of the molecule is C=CCC(C(=O)OCC)(C(=O)OCC)c1cc(-c2ccccc2)ccn1. The Morgan fingerprint density at radius 2 is 1.65 bits per heavy atom. The van der Waals surface area contributed by atoms with Crippen molar-refractivity contribution in [3.05, 3.63) is 67.0 Å². The van der Waals surface area contributed by atoms with Gasteiger partial charge in [-0.3, -0.25) is 14.6 Å². The van der Waals surface area contributed by atoms with Gasteiger partial charge in [-0.2, -0.15) is 0 Å². The highest BCUT2D eigenvalue weighted by molar-refractivity contribution is 6.06. The number of ether oxygens (including phenoxy) is 2. The largest absolute Gasteiger partial charge is 0.465 e. The maximum Gasteiger partial charge on any atom is 0.330 e. The van der Waals surface area contributed by atoms with E-state index in [4.69, 9.17) is 9.47 Å². The summed E-state index contributed by atoms with van der Waals surface area (Å²) in [6.07, 6.45) is 3.12. The highest BCUT2D eigenvalue weighted by atomic mass is 16.6. The van der Waals surface area contributed by atoms with Crippen molar-refractivity contribution >= 4 is 11.9 Å². The van der Waals surface area contributed by atoms with Crippen LogP contribution in [0.1, 0.15) is 26.0 Å². The highest BCUT2D eigenvalue weighted by Crippen LogP contribution is 2.33. The van der Waals surface area contributed by atoms with Gasteiger partial charge in [0, 0.05) is 6.20 Å². The van der Waals surface area contributed by atoms with Crippen LogP contribution < -0.4 is 0 Å². The van der Waals surface area contributed by atoms with Crippen LogP contribution in [0, 0.1) is 0 Å². The van der Waals surface area contributed by atoms with Gasteiger partial charge in [0.2, 0.25) is 5.41 Å². The zero-order valence-corrected chi connectivity index (χ0v) is 15.1.